The van der Waals surface area contributed by atoms with Crippen LogP contribution in [0.2, 0.25) is 0 Å². The summed E-state index contributed by atoms with van der Waals surface area (Å²) in [6, 6.07) is 6.19. The summed E-state index contributed by atoms with van der Waals surface area (Å²) in [6.07, 6.45) is 2.63. The van der Waals surface area contributed by atoms with Crippen molar-refractivity contribution in [1.29, 1.82) is 0 Å². The fourth-order valence-electron chi connectivity index (χ4n) is 1.83. The zero-order chi connectivity index (χ0) is 12.3. The molecule has 17 heavy (non-hydrogen) atoms. The molecule has 4 nitrogen and oxygen atoms in total. The van der Waals surface area contributed by atoms with Gasteiger partial charge in [-0.2, -0.15) is 0 Å². The van der Waals surface area contributed by atoms with Crippen molar-refractivity contribution in [2.45, 2.75) is 13.3 Å². The van der Waals surface area contributed by atoms with E-state index in [1.54, 1.807) is 7.11 Å². The van der Waals surface area contributed by atoms with Crippen LogP contribution in [-0.2, 0) is 6.42 Å². The van der Waals surface area contributed by atoms with Crippen LogP contribution in [0.4, 0.5) is 5.95 Å². The van der Waals surface area contributed by atoms with E-state index in [1.165, 1.54) is 11.1 Å². The van der Waals surface area contributed by atoms with E-state index in [4.69, 9.17) is 4.74 Å². The van der Waals surface area contributed by atoms with Gasteiger partial charge in [-0.3, -0.25) is 0 Å². The summed E-state index contributed by atoms with van der Waals surface area (Å²) < 4.78 is 5.36. The summed E-state index contributed by atoms with van der Waals surface area (Å²) in [7, 11) is 3.54. The first-order valence-electron chi connectivity index (χ1n) is 5.58. The molecule has 2 N–H and O–H groups in total. The van der Waals surface area contributed by atoms with Crippen LogP contribution in [0.5, 0.6) is 5.75 Å². The molecule has 0 unspecified atom stereocenters. The van der Waals surface area contributed by atoms with Crippen LogP contribution < -0.4 is 10.1 Å². The lowest BCUT2D eigenvalue weighted by Crippen LogP contribution is -1.95. The Hall–Kier alpha value is -1.97. The number of H-pyrrole nitrogens is 1. The van der Waals surface area contributed by atoms with Gasteiger partial charge < -0.3 is 15.0 Å². The predicted molar refractivity (Wildman–Crippen MR) is 68.7 cm³/mol. The van der Waals surface area contributed by atoms with Crippen LogP contribution in [0.3, 0.4) is 0 Å². The molecule has 2 rings (SSSR count). The second-order valence-electron chi connectivity index (χ2n) is 4.00. The quantitative estimate of drug-likeness (QED) is 0.849. The van der Waals surface area contributed by atoms with Crippen LogP contribution in [0, 0.1) is 6.92 Å². The van der Waals surface area contributed by atoms with Crippen molar-refractivity contribution in [3.8, 4) is 5.75 Å². The average Bonchev–Trinajstić information content (AvgIpc) is 2.77. The van der Waals surface area contributed by atoms with E-state index in [1.807, 2.05) is 25.4 Å². The maximum atomic E-state index is 5.36. The summed E-state index contributed by atoms with van der Waals surface area (Å²) >= 11 is 0. The van der Waals surface area contributed by atoms with Gasteiger partial charge in [0.05, 0.1) is 13.3 Å². The van der Waals surface area contributed by atoms with Gasteiger partial charge in [-0.1, -0.05) is 17.7 Å². The van der Waals surface area contributed by atoms with Gasteiger partial charge in [0.25, 0.3) is 0 Å². The molecular weight excluding hydrogens is 214 g/mol. The highest BCUT2D eigenvalue weighted by molar-refractivity contribution is 5.40. The van der Waals surface area contributed by atoms with E-state index in [0.29, 0.717) is 0 Å². The Balaban J connectivity index is 2.25. The number of hydrogen-bond acceptors (Lipinski definition) is 3. The molecule has 4 heteroatoms. The van der Waals surface area contributed by atoms with E-state index in [0.717, 1.165) is 23.8 Å². The first kappa shape index (κ1) is 11.5. The molecule has 0 bridgehead atoms. The number of nitrogens with one attached hydrogen (secondary N) is 2. The Bertz CT molecular complexity index is 505. The van der Waals surface area contributed by atoms with Crippen molar-refractivity contribution in [2.24, 2.45) is 0 Å². The lowest BCUT2D eigenvalue weighted by molar-refractivity contribution is 0.410. The Labute approximate surface area is 101 Å². The molecule has 90 valence electrons. The maximum absolute atomic E-state index is 5.36. The summed E-state index contributed by atoms with van der Waals surface area (Å²) in [5, 5.41) is 2.98. The molecule has 0 saturated carbocycles. The molecule has 0 amide bonds. The Morgan fingerprint density at radius 2 is 2.24 bits per heavy atom. The second kappa shape index (κ2) is 4.91. The molecule has 1 aromatic carbocycles. The van der Waals surface area contributed by atoms with E-state index in [2.05, 4.69) is 28.3 Å². The number of benzene rings is 1. The molecule has 0 atom stereocenters. The van der Waals surface area contributed by atoms with Gasteiger partial charge in [0.2, 0.25) is 0 Å². The summed E-state index contributed by atoms with van der Waals surface area (Å²) in [4.78, 5) is 7.41. The Morgan fingerprint density at radius 1 is 1.41 bits per heavy atom. The zero-order valence-corrected chi connectivity index (χ0v) is 10.4. The third kappa shape index (κ3) is 2.58. The van der Waals surface area contributed by atoms with Gasteiger partial charge in [0.1, 0.15) is 5.75 Å². The number of aromatic amines is 1. The van der Waals surface area contributed by atoms with Crippen molar-refractivity contribution < 1.29 is 4.74 Å². The van der Waals surface area contributed by atoms with Gasteiger partial charge in [-0.05, 0) is 13.0 Å². The molecule has 0 aliphatic heterocycles. The van der Waals surface area contributed by atoms with Gasteiger partial charge >= 0.3 is 0 Å². The van der Waals surface area contributed by atoms with Gasteiger partial charge in [0, 0.05) is 24.7 Å². The molecule has 0 saturated heterocycles. The number of nitrogens with zero attached hydrogens (tertiary/aromatic N) is 1. The molecule has 0 spiro atoms. The van der Waals surface area contributed by atoms with Crippen LogP contribution in [0.25, 0.3) is 0 Å². The number of aryl methyl sites for hydroxylation is 1. The predicted octanol–water partition coefficient (Wildman–Crippen LogP) is 2.36. The molecule has 2 aromatic rings. The number of ether oxygens (including phenoxy) is 1. The van der Waals surface area contributed by atoms with Gasteiger partial charge in [-0.25, -0.2) is 4.98 Å². The molecule has 1 aromatic heterocycles. The van der Waals surface area contributed by atoms with Crippen molar-refractivity contribution in [3.05, 3.63) is 41.2 Å². The van der Waals surface area contributed by atoms with Crippen molar-refractivity contribution in [1.82, 2.24) is 9.97 Å². The van der Waals surface area contributed by atoms with Gasteiger partial charge in [-0.15, -0.1) is 0 Å². The smallest absolute Gasteiger partial charge is 0.200 e. The highest BCUT2D eigenvalue weighted by Gasteiger charge is 2.06. The molecule has 0 aliphatic rings. The lowest BCUT2D eigenvalue weighted by atomic mass is 10.1. The SMILES string of the molecule is CNc1ncc(Cc2cc(C)ccc2OC)[nH]1. The number of aromatic nitrogens is 2. The monoisotopic (exact) mass is 231 g/mol. The topological polar surface area (TPSA) is 49.9 Å². The first-order chi connectivity index (χ1) is 8.22. The first-order valence-corrected chi connectivity index (χ1v) is 5.58. The third-order valence-electron chi connectivity index (χ3n) is 2.68. The summed E-state index contributed by atoms with van der Waals surface area (Å²) in [5.41, 5.74) is 3.46. The number of imidazole rings is 1. The molecule has 1 heterocycles. The summed E-state index contributed by atoms with van der Waals surface area (Å²) in [5.74, 6) is 1.70. The minimum Gasteiger partial charge on any atom is -0.496 e. The Kier molecular flexibility index (Phi) is 3.32. The van der Waals surface area contributed by atoms with Crippen LogP contribution in [-0.4, -0.2) is 24.1 Å². The number of anilines is 1. The van der Waals surface area contributed by atoms with Crippen LogP contribution >= 0.6 is 0 Å². The third-order valence-corrected chi connectivity index (χ3v) is 2.68. The fourth-order valence-corrected chi connectivity index (χ4v) is 1.83. The van der Waals surface area contributed by atoms with Gasteiger partial charge in [0.15, 0.2) is 5.95 Å². The molecule has 0 radical (unpaired) electrons. The normalized spacial score (nSPS) is 10.3. The molecule has 0 aliphatic carbocycles. The van der Waals surface area contributed by atoms with Crippen molar-refractivity contribution >= 4 is 5.95 Å². The maximum Gasteiger partial charge on any atom is 0.200 e. The highest BCUT2D eigenvalue weighted by atomic mass is 16.5. The van der Waals surface area contributed by atoms with Crippen LogP contribution in [0.1, 0.15) is 16.8 Å². The largest absolute Gasteiger partial charge is 0.496 e. The fraction of sp³-hybridized carbons (Fsp3) is 0.308. The lowest BCUT2D eigenvalue weighted by Gasteiger charge is -2.08. The van der Waals surface area contributed by atoms with Crippen LogP contribution in [0.15, 0.2) is 24.4 Å². The van der Waals surface area contributed by atoms with E-state index in [9.17, 15) is 0 Å². The molecular formula is C13H17N3O. The van der Waals surface area contributed by atoms with E-state index in [-0.39, 0.29) is 0 Å². The van der Waals surface area contributed by atoms with E-state index < -0.39 is 0 Å². The summed E-state index contributed by atoms with van der Waals surface area (Å²) in [6.45, 7) is 2.08. The number of hydrogen-bond donors (Lipinski definition) is 2. The average molecular weight is 231 g/mol. The minimum absolute atomic E-state index is 0.784. The Morgan fingerprint density at radius 3 is 2.88 bits per heavy atom. The number of rotatable bonds is 4. The molecule has 0 fully saturated rings. The van der Waals surface area contributed by atoms with Crippen molar-refractivity contribution in [3.63, 3.8) is 0 Å². The zero-order valence-electron chi connectivity index (χ0n) is 10.4. The second-order valence-corrected chi connectivity index (χ2v) is 4.00. The minimum atomic E-state index is 0.784. The number of methoxy groups -OCH3 is 1. The van der Waals surface area contributed by atoms with E-state index >= 15 is 0 Å². The highest BCUT2D eigenvalue weighted by Crippen LogP contribution is 2.22. The van der Waals surface area contributed by atoms with Crippen molar-refractivity contribution in [2.75, 3.05) is 19.5 Å². The standard InChI is InChI=1S/C13H17N3O/c1-9-4-5-12(17-3)10(6-9)7-11-8-15-13(14-2)16-11/h4-6,8H,7H2,1-3H3,(H2,14,15,16).